The number of esters is 2. The van der Waals surface area contributed by atoms with Gasteiger partial charge < -0.3 is 33.3 Å². The number of allylic oxidation sites excluding steroid dienone is 34. The minimum Gasteiger partial charge on any atom is -0.545 e. The summed E-state index contributed by atoms with van der Waals surface area (Å²) in [5, 5.41) is 11.8. The van der Waals surface area contributed by atoms with E-state index in [0.717, 1.165) is 135 Å². The SMILES string of the molecule is CC/C=C\C/C=C\C/C=C\C/C=C\C/C=C\C/C=C\C/C=C\C/C=C\C/C=C\CCCC(=O)OC(COC(=O)CCCCCCCCCC/C=C\C/C=C\C/C=C\C/C=C\C/C=C\C/C=C\C/C=C\C/C=C\CC)COC(OCC[N+](C)(C)C)C(=O)[O-]. The number of aliphatic carboxylic acids is 1. The van der Waals surface area contributed by atoms with Crippen LogP contribution in [0.2, 0.25) is 0 Å². The number of carbonyl (C=O) groups excluding carboxylic acids is 3. The maximum atomic E-state index is 12.9. The highest BCUT2D eigenvalue weighted by Gasteiger charge is 2.22. The van der Waals surface area contributed by atoms with Crippen molar-refractivity contribution < 1.29 is 42.9 Å². The second kappa shape index (κ2) is 65.8. The molecule has 0 aromatic carbocycles. The number of ether oxygens (including phenoxy) is 4. The first-order valence-corrected chi connectivity index (χ1v) is 33.2. The largest absolute Gasteiger partial charge is 0.545 e. The summed E-state index contributed by atoms with van der Waals surface area (Å²) in [7, 11) is 5.89. The molecule has 0 aliphatic heterocycles. The van der Waals surface area contributed by atoms with Crippen LogP contribution in [0.25, 0.3) is 0 Å². The van der Waals surface area contributed by atoms with E-state index in [9.17, 15) is 19.5 Å². The Bertz CT molecular complexity index is 2180. The van der Waals surface area contributed by atoms with Crippen molar-refractivity contribution in [3.8, 4) is 0 Å². The van der Waals surface area contributed by atoms with Crippen molar-refractivity contribution in [3.63, 3.8) is 0 Å². The van der Waals surface area contributed by atoms with Gasteiger partial charge in [-0.25, -0.2) is 0 Å². The number of quaternary nitrogens is 1. The maximum Gasteiger partial charge on any atom is 0.306 e. The summed E-state index contributed by atoms with van der Waals surface area (Å²) in [4.78, 5) is 37.4. The van der Waals surface area contributed by atoms with Gasteiger partial charge in [0.15, 0.2) is 12.4 Å². The fraction of sp³-hybridized carbons (Fsp3) is 0.526. The Labute approximate surface area is 531 Å². The van der Waals surface area contributed by atoms with Gasteiger partial charge in [0.25, 0.3) is 0 Å². The highest BCUT2D eigenvalue weighted by molar-refractivity contribution is 5.70. The Balaban J connectivity index is 4.35. The van der Waals surface area contributed by atoms with E-state index in [1.165, 1.54) is 25.7 Å². The lowest BCUT2D eigenvalue weighted by atomic mass is 10.1. The van der Waals surface area contributed by atoms with Crippen LogP contribution in [-0.2, 0) is 33.3 Å². The zero-order valence-electron chi connectivity index (χ0n) is 55.0. The van der Waals surface area contributed by atoms with Gasteiger partial charge in [0.05, 0.1) is 40.3 Å². The predicted molar refractivity (Wildman–Crippen MR) is 370 cm³/mol. The van der Waals surface area contributed by atoms with Gasteiger partial charge in [0.1, 0.15) is 13.2 Å². The fourth-order valence-electron chi connectivity index (χ4n) is 8.02. The Hall–Kier alpha value is -6.13. The molecule has 0 saturated carbocycles. The first-order chi connectivity index (χ1) is 42.6. The molecule has 484 valence electrons. The van der Waals surface area contributed by atoms with E-state index in [2.05, 4.69) is 214 Å². The van der Waals surface area contributed by atoms with Crippen LogP contribution in [0.5, 0.6) is 0 Å². The minimum atomic E-state index is -1.66. The third-order valence-electron chi connectivity index (χ3n) is 13.0. The number of unbranched alkanes of at least 4 members (excludes halogenated alkanes) is 9. The van der Waals surface area contributed by atoms with E-state index in [-0.39, 0.29) is 32.7 Å². The van der Waals surface area contributed by atoms with Crippen molar-refractivity contribution in [2.75, 3.05) is 47.5 Å². The third kappa shape index (κ3) is 67.2. The molecule has 9 nitrogen and oxygen atoms in total. The van der Waals surface area contributed by atoms with E-state index in [4.69, 9.17) is 18.9 Å². The minimum absolute atomic E-state index is 0.123. The predicted octanol–water partition coefficient (Wildman–Crippen LogP) is 19.5. The molecule has 0 spiro atoms. The number of carboxylic acid groups (broad SMARTS) is 1. The van der Waals surface area contributed by atoms with Crippen LogP contribution in [0, 0.1) is 0 Å². The van der Waals surface area contributed by atoms with Gasteiger partial charge in [-0.2, -0.15) is 0 Å². The van der Waals surface area contributed by atoms with E-state index in [1.54, 1.807) is 0 Å². The molecule has 2 atom stereocenters. The molecule has 0 saturated heterocycles. The standard InChI is InChI=1S/C78H119NO8/c1-6-8-10-12-14-16-18-20-22-24-26-28-30-32-34-36-37-38-39-41-42-44-46-48-50-52-54-56-58-60-62-64-66-68-75(80)85-72-74(73-86-78(77(82)83)84-71-70-79(3,4)5)87-76(81)69-67-65-63-61-59-57-55-53-51-49-47-45-43-40-35-33-31-29-27-25-23-21-19-17-15-13-11-9-7-2/h8-11,14-17,20-23,26-29,32-35,37-38,41-43,45-46,48-49,51,55,57,61,63,74,78H,6-7,12-13,18-19,24-25,30-31,36,39-40,44,47,50,52-54,56,58-60,62,64-73H2,1-5H3/b10-8-,11-9-,16-14-,17-15-,22-20-,23-21-,28-26-,29-27-,34-32-,35-33-,38-37-,42-41-,45-43-,48-46-,51-49-,57-55-,63-61-. The lowest BCUT2D eigenvalue weighted by Gasteiger charge is -2.26. The summed E-state index contributed by atoms with van der Waals surface area (Å²) in [5.41, 5.74) is 0. The van der Waals surface area contributed by atoms with Crippen LogP contribution in [-0.4, -0.2) is 82.3 Å². The Kier molecular flexibility index (Phi) is 61.2. The average Bonchev–Trinajstić information content (AvgIpc) is 3.57. The van der Waals surface area contributed by atoms with Crippen LogP contribution in [0.3, 0.4) is 0 Å². The monoisotopic (exact) mass is 1200 g/mol. The molecule has 0 radical (unpaired) electrons. The van der Waals surface area contributed by atoms with Gasteiger partial charge in [0.2, 0.25) is 0 Å². The molecular weight excluding hydrogens is 1080 g/mol. The van der Waals surface area contributed by atoms with Crippen molar-refractivity contribution in [2.24, 2.45) is 0 Å². The van der Waals surface area contributed by atoms with E-state index < -0.39 is 30.3 Å². The molecule has 0 heterocycles. The zero-order valence-corrected chi connectivity index (χ0v) is 55.0. The number of hydrogen-bond donors (Lipinski definition) is 0. The molecule has 0 fully saturated rings. The molecule has 0 aromatic rings. The molecule has 0 aliphatic carbocycles. The van der Waals surface area contributed by atoms with Crippen LogP contribution < -0.4 is 5.11 Å². The maximum absolute atomic E-state index is 12.9. The second-order valence-electron chi connectivity index (χ2n) is 22.3. The summed E-state index contributed by atoms with van der Waals surface area (Å²) in [6.45, 7) is 4.41. The Morgan fingerprint density at radius 3 is 0.954 bits per heavy atom. The summed E-state index contributed by atoms with van der Waals surface area (Å²) in [5.74, 6) is -2.40. The first kappa shape index (κ1) is 80.9. The van der Waals surface area contributed by atoms with Crippen molar-refractivity contribution in [1.29, 1.82) is 0 Å². The van der Waals surface area contributed by atoms with Crippen LogP contribution in [0.1, 0.15) is 206 Å². The normalized spacial score (nSPS) is 14.1. The van der Waals surface area contributed by atoms with Crippen molar-refractivity contribution in [3.05, 3.63) is 207 Å². The number of hydrogen-bond acceptors (Lipinski definition) is 8. The third-order valence-corrected chi connectivity index (χ3v) is 13.0. The Morgan fingerprint density at radius 1 is 0.345 bits per heavy atom. The topological polar surface area (TPSA) is 111 Å². The average molecular weight is 1200 g/mol. The Morgan fingerprint density at radius 2 is 0.632 bits per heavy atom. The molecule has 0 aromatic heterocycles. The summed E-state index contributed by atoms with van der Waals surface area (Å²) in [6, 6.07) is 0. The summed E-state index contributed by atoms with van der Waals surface area (Å²) in [6.07, 6.45) is 100. The van der Waals surface area contributed by atoms with Gasteiger partial charge in [0, 0.05) is 12.8 Å². The summed E-state index contributed by atoms with van der Waals surface area (Å²) < 4.78 is 22.7. The number of carboxylic acids is 1. The molecule has 0 bridgehead atoms. The summed E-state index contributed by atoms with van der Waals surface area (Å²) >= 11 is 0. The molecular formula is C78H119NO8. The molecule has 87 heavy (non-hydrogen) atoms. The van der Waals surface area contributed by atoms with Crippen molar-refractivity contribution in [2.45, 2.75) is 219 Å². The first-order valence-electron chi connectivity index (χ1n) is 33.2. The molecule has 9 heteroatoms. The van der Waals surface area contributed by atoms with Gasteiger partial charge in [-0.15, -0.1) is 0 Å². The molecule has 0 amide bonds. The molecule has 0 aliphatic rings. The van der Waals surface area contributed by atoms with Crippen molar-refractivity contribution in [1.82, 2.24) is 0 Å². The van der Waals surface area contributed by atoms with E-state index >= 15 is 0 Å². The molecule has 0 rings (SSSR count). The molecule has 2 unspecified atom stereocenters. The van der Waals surface area contributed by atoms with Gasteiger partial charge >= 0.3 is 11.9 Å². The van der Waals surface area contributed by atoms with Gasteiger partial charge in [-0.1, -0.05) is 259 Å². The van der Waals surface area contributed by atoms with Gasteiger partial charge in [-0.3, -0.25) is 9.59 Å². The lowest BCUT2D eigenvalue weighted by Crippen LogP contribution is -2.44. The smallest absolute Gasteiger partial charge is 0.306 e. The number of rotatable bonds is 58. The lowest BCUT2D eigenvalue weighted by molar-refractivity contribution is -0.870. The van der Waals surface area contributed by atoms with Gasteiger partial charge in [-0.05, 0) is 141 Å². The van der Waals surface area contributed by atoms with E-state index in [0.29, 0.717) is 30.3 Å². The van der Waals surface area contributed by atoms with Crippen LogP contribution in [0.4, 0.5) is 0 Å². The van der Waals surface area contributed by atoms with Crippen LogP contribution in [0.15, 0.2) is 207 Å². The highest BCUT2D eigenvalue weighted by atomic mass is 16.7. The second-order valence-corrected chi connectivity index (χ2v) is 22.3. The highest BCUT2D eigenvalue weighted by Crippen LogP contribution is 2.13. The molecule has 0 N–H and O–H groups in total. The quantitative estimate of drug-likeness (QED) is 0.0195. The fourth-order valence-corrected chi connectivity index (χ4v) is 8.02. The number of carbonyl (C=O) groups is 3. The number of nitrogens with zero attached hydrogens (tertiary/aromatic N) is 1. The number of likely N-dealkylation sites (N-methyl/N-ethyl adjacent to an activating group) is 1. The zero-order chi connectivity index (χ0) is 63.3. The van der Waals surface area contributed by atoms with Crippen LogP contribution >= 0.6 is 0 Å². The van der Waals surface area contributed by atoms with E-state index in [1.807, 2.05) is 27.2 Å². The van der Waals surface area contributed by atoms with Crippen molar-refractivity contribution >= 4 is 17.9 Å².